The fourth-order valence-corrected chi connectivity index (χ4v) is 4.93. The van der Waals surface area contributed by atoms with Crippen molar-refractivity contribution in [2.24, 2.45) is 0 Å². The van der Waals surface area contributed by atoms with E-state index in [0.717, 1.165) is 18.2 Å². The minimum absolute atomic E-state index is 0.0740. The number of anilines is 1. The first-order chi connectivity index (χ1) is 16.5. The van der Waals surface area contributed by atoms with Crippen molar-refractivity contribution in [3.63, 3.8) is 0 Å². The van der Waals surface area contributed by atoms with Crippen LogP contribution in [0.25, 0.3) is 0 Å². The number of hydrogen-bond donors (Lipinski definition) is 1. The second-order valence-electron chi connectivity index (χ2n) is 8.44. The SMILES string of the molecule is CCCNC(=O)[C@@H](C)N(Cc1ccc(Cl)cc1)C(=O)CCCN(c1cccc(Cl)c1C)S(C)(=O)=O. The van der Waals surface area contributed by atoms with Gasteiger partial charge in [0, 0.05) is 36.1 Å². The van der Waals surface area contributed by atoms with Crippen molar-refractivity contribution < 1.29 is 18.0 Å². The Balaban J connectivity index is 2.18. The lowest BCUT2D eigenvalue weighted by Gasteiger charge is -2.29. The highest BCUT2D eigenvalue weighted by Gasteiger charge is 2.27. The molecule has 0 radical (unpaired) electrons. The van der Waals surface area contributed by atoms with Gasteiger partial charge < -0.3 is 10.2 Å². The van der Waals surface area contributed by atoms with Gasteiger partial charge in [0.15, 0.2) is 0 Å². The van der Waals surface area contributed by atoms with Gasteiger partial charge in [0.25, 0.3) is 0 Å². The number of halogens is 2. The standard InChI is InChI=1S/C25H33Cl2N3O4S/c1-5-15-28-25(32)19(3)29(17-20-11-13-21(26)14-12-20)24(31)10-7-16-30(35(4,33)34)23-9-6-8-22(27)18(23)2/h6,8-9,11-14,19H,5,7,10,15-17H2,1-4H3,(H,28,32)/t19-/m1/s1. The minimum atomic E-state index is -3.59. The van der Waals surface area contributed by atoms with Gasteiger partial charge >= 0.3 is 0 Å². The van der Waals surface area contributed by atoms with Crippen molar-refractivity contribution >= 4 is 50.7 Å². The number of rotatable bonds is 12. The molecular formula is C25H33Cl2N3O4S. The Morgan fingerprint density at radius 2 is 1.74 bits per heavy atom. The molecule has 2 rings (SSSR count). The van der Waals surface area contributed by atoms with Gasteiger partial charge in [0.1, 0.15) is 6.04 Å². The summed E-state index contributed by atoms with van der Waals surface area (Å²) in [5.41, 5.74) is 1.97. The zero-order valence-corrected chi connectivity index (χ0v) is 22.9. The van der Waals surface area contributed by atoms with E-state index in [-0.39, 0.29) is 37.7 Å². The molecule has 10 heteroatoms. The van der Waals surface area contributed by atoms with Gasteiger partial charge in [-0.15, -0.1) is 0 Å². The van der Waals surface area contributed by atoms with Gasteiger partial charge in [-0.3, -0.25) is 13.9 Å². The predicted molar refractivity (Wildman–Crippen MR) is 142 cm³/mol. The predicted octanol–water partition coefficient (Wildman–Crippen LogP) is 4.79. The number of nitrogens with zero attached hydrogens (tertiary/aromatic N) is 2. The fraction of sp³-hybridized carbons (Fsp3) is 0.440. The molecule has 1 N–H and O–H groups in total. The lowest BCUT2D eigenvalue weighted by molar-refractivity contribution is -0.140. The fourth-order valence-electron chi connectivity index (χ4n) is 3.61. The lowest BCUT2D eigenvalue weighted by Crippen LogP contribution is -2.47. The highest BCUT2D eigenvalue weighted by molar-refractivity contribution is 7.92. The highest BCUT2D eigenvalue weighted by atomic mass is 35.5. The Labute approximate surface area is 218 Å². The number of nitrogens with one attached hydrogen (secondary N) is 1. The summed E-state index contributed by atoms with van der Waals surface area (Å²) < 4.78 is 26.3. The average molecular weight is 543 g/mol. The first kappa shape index (κ1) is 28.9. The summed E-state index contributed by atoms with van der Waals surface area (Å²) in [6.07, 6.45) is 2.26. The smallest absolute Gasteiger partial charge is 0.242 e. The maximum absolute atomic E-state index is 13.3. The molecule has 0 heterocycles. The van der Waals surface area contributed by atoms with E-state index in [0.29, 0.717) is 27.8 Å². The molecule has 7 nitrogen and oxygen atoms in total. The second-order valence-corrected chi connectivity index (χ2v) is 11.2. The maximum atomic E-state index is 13.3. The highest BCUT2D eigenvalue weighted by Crippen LogP contribution is 2.28. The monoisotopic (exact) mass is 541 g/mol. The van der Waals surface area contributed by atoms with E-state index in [1.165, 1.54) is 9.21 Å². The largest absolute Gasteiger partial charge is 0.354 e. The third-order valence-corrected chi connectivity index (χ3v) is 7.48. The Morgan fingerprint density at radius 3 is 2.34 bits per heavy atom. The third kappa shape index (κ3) is 8.40. The molecule has 1 atom stereocenters. The number of carbonyl (C=O) groups is 2. The average Bonchev–Trinajstić information content (AvgIpc) is 2.80. The van der Waals surface area contributed by atoms with Gasteiger partial charge in [-0.25, -0.2) is 8.42 Å². The summed E-state index contributed by atoms with van der Waals surface area (Å²) in [6.45, 7) is 6.27. The maximum Gasteiger partial charge on any atom is 0.242 e. The molecule has 0 unspecified atom stereocenters. The molecule has 192 valence electrons. The topological polar surface area (TPSA) is 86.8 Å². The number of hydrogen-bond acceptors (Lipinski definition) is 4. The summed E-state index contributed by atoms with van der Waals surface area (Å²) in [6, 6.07) is 11.5. The molecule has 0 saturated heterocycles. The van der Waals surface area contributed by atoms with E-state index in [2.05, 4.69) is 5.32 Å². The first-order valence-corrected chi connectivity index (χ1v) is 14.1. The Morgan fingerprint density at radius 1 is 1.09 bits per heavy atom. The van der Waals surface area contributed by atoms with Crippen LogP contribution >= 0.6 is 23.2 Å². The summed E-state index contributed by atoms with van der Waals surface area (Å²) in [7, 11) is -3.59. The van der Waals surface area contributed by atoms with E-state index in [9.17, 15) is 18.0 Å². The van der Waals surface area contributed by atoms with Gasteiger partial charge in [-0.05, 0) is 62.1 Å². The molecule has 0 saturated carbocycles. The van der Waals surface area contributed by atoms with Crippen molar-refractivity contribution in [3.05, 3.63) is 63.6 Å². The molecule has 0 fully saturated rings. The molecule has 0 bridgehead atoms. The van der Waals surface area contributed by atoms with Crippen molar-refractivity contribution in [1.29, 1.82) is 0 Å². The van der Waals surface area contributed by atoms with E-state index in [4.69, 9.17) is 23.2 Å². The van der Waals surface area contributed by atoms with Crippen LogP contribution in [-0.4, -0.2) is 50.5 Å². The zero-order chi connectivity index (χ0) is 26.2. The minimum Gasteiger partial charge on any atom is -0.354 e. The van der Waals surface area contributed by atoms with Crippen molar-refractivity contribution in [2.45, 2.75) is 52.6 Å². The number of benzene rings is 2. The molecule has 2 aromatic carbocycles. The van der Waals surface area contributed by atoms with Crippen LogP contribution in [0.5, 0.6) is 0 Å². The van der Waals surface area contributed by atoms with E-state index >= 15 is 0 Å². The molecule has 0 aliphatic carbocycles. The summed E-state index contributed by atoms with van der Waals surface area (Å²) in [4.78, 5) is 27.4. The molecule has 0 spiro atoms. The van der Waals surface area contributed by atoms with E-state index < -0.39 is 16.1 Å². The molecule has 0 aliphatic rings. The van der Waals surface area contributed by atoms with Crippen molar-refractivity contribution in [3.8, 4) is 0 Å². The Kier molecular flexibility index (Phi) is 10.9. The van der Waals surface area contributed by atoms with Gasteiger partial charge in [-0.1, -0.05) is 48.3 Å². The molecule has 2 aromatic rings. The zero-order valence-electron chi connectivity index (χ0n) is 20.6. The van der Waals surface area contributed by atoms with Crippen LogP contribution in [0.3, 0.4) is 0 Å². The Bertz CT molecular complexity index is 1120. The molecule has 35 heavy (non-hydrogen) atoms. The summed E-state index contributed by atoms with van der Waals surface area (Å²) in [5, 5.41) is 3.88. The molecule has 2 amide bonds. The lowest BCUT2D eigenvalue weighted by atomic mass is 10.1. The first-order valence-electron chi connectivity index (χ1n) is 11.5. The number of sulfonamides is 1. The number of amides is 2. The third-order valence-electron chi connectivity index (χ3n) is 5.64. The van der Waals surface area contributed by atoms with Crippen LogP contribution in [0.4, 0.5) is 5.69 Å². The van der Waals surface area contributed by atoms with Gasteiger partial charge in [0.2, 0.25) is 21.8 Å². The Hall–Kier alpha value is -2.29. The van der Waals surface area contributed by atoms with E-state index in [1.54, 1.807) is 44.2 Å². The van der Waals surface area contributed by atoms with Crippen LogP contribution in [-0.2, 0) is 26.2 Å². The molecular weight excluding hydrogens is 509 g/mol. The summed E-state index contributed by atoms with van der Waals surface area (Å²) >= 11 is 12.2. The van der Waals surface area contributed by atoms with Crippen LogP contribution in [0.15, 0.2) is 42.5 Å². The van der Waals surface area contributed by atoms with Crippen LogP contribution in [0, 0.1) is 6.92 Å². The van der Waals surface area contributed by atoms with Crippen LogP contribution in [0.2, 0.25) is 10.0 Å². The normalized spacial score (nSPS) is 12.2. The van der Waals surface area contributed by atoms with Crippen LogP contribution in [0.1, 0.15) is 44.2 Å². The van der Waals surface area contributed by atoms with Gasteiger partial charge in [-0.2, -0.15) is 0 Å². The van der Waals surface area contributed by atoms with Gasteiger partial charge in [0.05, 0.1) is 11.9 Å². The summed E-state index contributed by atoms with van der Waals surface area (Å²) in [5.74, 6) is -0.475. The number of carbonyl (C=O) groups excluding carboxylic acids is 2. The van der Waals surface area contributed by atoms with Crippen molar-refractivity contribution in [2.75, 3.05) is 23.7 Å². The molecule has 0 aromatic heterocycles. The molecule has 0 aliphatic heterocycles. The van der Waals surface area contributed by atoms with Crippen LogP contribution < -0.4 is 9.62 Å². The second kappa shape index (κ2) is 13.1. The quantitative estimate of drug-likeness (QED) is 0.418. The van der Waals surface area contributed by atoms with Crippen molar-refractivity contribution in [1.82, 2.24) is 10.2 Å². The van der Waals surface area contributed by atoms with E-state index in [1.807, 2.05) is 19.1 Å².